The third-order valence-corrected chi connectivity index (χ3v) is 4.10. The number of aryl methyl sites for hydroxylation is 1. The molecule has 0 amide bonds. The fraction of sp³-hybridized carbons (Fsp3) is 0.294. The molecule has 2 aromatic rings. The van der Waals surface area contributed by atoms with Gasteiger partial charge >= 0.3 is 0 Å². The highest BCUT2D eigenvalue weighted by Crippen LogP contribution is 2.32. The second-order valence-corrected chi connectivity index (χ2v) is 5.96. The first-order valence-corrected chi connectivity index (χ1v) is 7.73. The van der Waals surface area contributed by atoms with Gasteiger partial charge < -0.3 is 10.5 Å². The molecule has 0 heterocycles. The molecule has 0 saturated carbocycles. The van der Waals surface area contributed by atoms with E-state index in [0.717, 1.165) is 34.7 Å². The predicted octanol–water partition coefficient (Wildman–Crippen LogP) is 5.37. The number of halogens is 2. The van der Waals surface area contributed by atoms with Crippen LogP contribution in [0.25, 0.3) is 0 Å². The van der Waals surface area contributed by atoms with E-state index in [1.165, 1.54) is 0 Å². The van der Waals surface area contributed by atoms with Crippen molar-refractivity contribution in [2.75, 3.05) is 0 Å². The summed E-state index contributed by atoms with van der Waals surface area (Å²) in [6.45, 7) is 4.01. The predicted molar refractivity (Wildman–Crippen MR) is 89.7 cm³/mol. The lowest BCUT2D eigenvalue weighted by Crippen LogP contribution is -2.21. The van der Waals surface area contributed by atoms with Crippen LogP contribution in [0.15, 0.2) is 36.4 Å². The Kier molecular flexibility index (Phi) is 5.51. The topological polar surface area (TPSA) is 35.2 Å². The Bertz CT molecular complexity index is 628. The minimum absolute atomic E-state index is 0.159. The van der Waals surface area contributed by atoms with Crippen molar-refractivity contribution < 1.29 is 4.74 Å². The van der Waals surface area contributed by atoms with E-state index in [0.29, 0.717) is 10.8 Å². The highest BCUT2D eigenvalue weighted by molar-refractivity contribution is 6.32. The van der Waals surface area contributed by atoms with E-state index in [1.807, 2.05) is 43.3 Å². The standard InChI is InChI=1S/C17H19Cl2NO/c1-3-13(20)9-12-4-7-17(16(19)10-12)21-14-5-6-15(18)11(2)8-14/h4-8,10,13H,3,9,20H2,1-2H3. The first-order valence-electron chi connectivity index (χ1n) is 6.97. The number of hydrogen-bond donors (Lipinski definition) is 1. The van der Waals surface area contributed by atoms with Gasteiger partial charge in [0.25, 0.3) is 0 Å². The van der Waals surface area contributed by atoms with Crippen LogP contribution in [0.4, 0.5) is 0 Å². The number of ether oxygens (including phenoxy) is 1. The Labute approximate surface area is 135 Å². The lowest BCUT2D eigenvalue weighted by atomic mass is 10.0. The van der Waals surface area contributed by atoms with Crippen molar-refractivity contribution in [3.05, 3.63) is 57.6 Å². The van der Waals surface area contributed by atoms with Crippen LogP contribution in [0, 0.1) is 6.92 Å². The highest BCUT2D eigenvalue weighted by atomic mass is 35.5. The Balaban J connectivity index is 2.15. The average molecular weight is 324 g/mol. The van der Waals surface area contributed by atoms with E-state index in [2.05, 4.69) is 6.92 Å². The Morgan fingerprint density at radius 2 is 1.86 bits per heavy atom. The summed E-state index contributed by atoms with van der Waals surface area (Å²) in [6, 6.07) is 11.5. The summed E-state index contributed by atoms with van der Waals surface area (Å²) in [5.74, 6) is 1.35. The van der Waals surface area contributed by atoms with Crippen molar-refractivity contribution in [1.29, 1.82) is 0 Å². The Morgan fingerprint density at radius 3 is 2.48 bits per heavy atom. The maximum atomic E-state index is 6.29. The summed E-state index contributed by atoms with van der Waals surface area (Å²) < 4.78 is 5.81. The van der Waals surface area contributed by atoms with Crippen LogP contribution in [0.5, 0.6) is 11.5 Å². The van der Waals surface area contributed by atoms with Gasteiger partial charge in [0.15, 0.2) is 0 Å². The minimum atomic E-state index is 0.159. The Hall–Kier alpha value is -1.22. The molecule has 0 aliphatic heterocycles. The zero-order valence-electron chi connectivity index (χ0n) is 12.2. The second kappa shape index (κ2) is 7.17. The van der Waals surface area contributed by atoms with Crippen molar-refractivity contribution in [2.45, 2.75) is 32.7 Å². The summed E-state index contributed by atoms with van der Waals surface area (Å²) in [6.07, 6.45) is 1.76. The van der Waals surface area contributed by atoms with Crippen molar-refractivity contribution in [3.8, 4) is 11.5 Å². The molecule has 2 N–H and O–H groups in total. The first-order chi connectivity index (χ1) is 9.99. The van der Waals surface area contributed by atoms with Crippen LogP contribution in [0.3, 0.4) is 0 Å². The normalized spacial score (nSPS) is 12.2. The van der Waals surface area contributed by atoms with Gasteiger partial charge in [0.1, 0.15) is 11.5 Å². The molecule has 0 radical (unpaired) electrons. The molecule has 2 rings (SSSR count). The molecule has 0 aliphatic rings. The molecule has 112 valence electrons. The van der Waals surface area contributed by atoms with Gasteiger partial charge in [-0.2, -0.15) is 0 Å². The van der Waals surface area contributed by atoms with E-state index >= 15 is 0 Å². The average Bonchev–Trinajstić information content (AvgIpc) is 2.45. The van der Waals surface area contributed by atoms with Crippen LogP contribution in [0.2, 0.25) is 10.0 Å². The molecule has 4 heteroatoms. The number of hydrogen-bond acceptors (Lipinski definition) is 2. The van der Waals surface area contributed by atoms with Crippen LogP contribution in [-0.2, 0) is 6.42 Å². The molecule has 0 aromatic heterocycles. The smallest absolute Gasteiger partial charge is 0.146 e. The number of benzene rings is 2. The summed E-state index contributed by atoms with van der Waals surface area (Å²) >= 11 is 12.3. The maximum Gasteiger partial charge on any atom is 0.146 e. The lowest BCUT2D eigenvalue weighted by molar-refractivity contribution is 0.482. The number of rotatable bonds is 5. The van der Waals surface area contributed by atoms with Gasteiger partial charge in [-0.25, -0.2) is 0 Å². The SMILES string of the molecule is CCC(N)Cc1ccc(Oc2ccc(Cl)c(C)c2)c(Cl)c1. The van der Waals surface area contributed by atoms with Gasteiger partial charge in [-0.05, 0) is 61.2 Å². The molecular weight excluding hydrogens is 305 g/mol. The maximum absolute atomic E-state index is 6.29. The molecule has 0 fully saturated rings. The minimum Gasteiger partial charge on any atom is -0.456 e. The quantitative estimate of drug-likeness (QED) is 0.802. The third kappa shape index (κ3) is 4.37. The summed E-state index contributed by atoms with van der Waals surface area (Å²) in [4.78, 5) is 0. The zero-order chi connectivity index (χ0) is 15.4. The third-order valence-electron chi connectivity index (χ3n) is 3.38. The van der Waals surface area contributed by atoms with Gasteiger partial charge in [0.2, 0.25) is 0 Å². The molecule has 21 heavy (non-hydrogen) atoms. The fourth-order valence-electron chi connectivity index (χ4n) is 2.01. The van der Waals surface area contributed by atoms with Gasteiger partial charge in [0.05, 0.1) is 5.02 Å². The van der Waals surface area contributed by atoms with E-state index < -0.39 is 0 Å². The van der Waals surface area contributed by atoms with E-state index in [-0.39, 0.29) is 6.04 Å². The highest BCUT2D eigenvalue weighted by Gasteiger charge is 2.08. The van der Waals surface area contributed by atoms with Crippen LogP contribution in [-0.4, -0.2) is 6.04 Å². The molecule has 0 bridgehead atoms. The molecule has 0 spiro atoms. The van der Waals surface area contributed by atoms with Crippen molar-refractivity contribution in [2.24, 2.45) is 5.73 Å². The van der Waals surface area contributed by atoms with Crippen molar-refractivity contribution in [1.82, 2.24) is 0 Å². The zero-order valence-corrected chi connectivity index (χ0v) is 13.7. The molecule has 0 aliphatic carbocycles. The van der Waals surface area contributed by atoms with Crippen LogP contribution < -0.4 is 10.5 Å². The van der Waals surface area contributed by atoms with Gasteiger partial charge in [0, 0.05) is 11.1 Å². The fourth-order valence-corrected chi connectivity index (χ4v) is 2.37. The summed E-state index contributed by atoms with van der Waals surface area (Å²) in [5, 5.41) is 1.31. The second-order valence-electron chi connectivity index (χ2n) is 5.15. The van der Waals surface area contributed by atoms with Gasteiger partial charge in [-0.1, -0.05) is 36.2 Å². The molecular formula is C17H19Cl2NO. The van der Waals surface area contributed by atoms with Gasteiger partial charge in [-0.15, -0.1) is 0 Å². The molecule has 0 saturated heterocycles. The first kappa shape index (κ1) is 16.2. The van der Waals surface area contributed by atoms with Crippen LogP contribution >= 0.6 is 23.2 Å². The lowest BCUT2D eigenvalue weighted by Gasteiger charge is -2.12. The monoisotopic (exact) mass is 323 g/mol. The summed E-state index contributed by atoms with van der Waals surface area (Å²) in [7, 11) is 0. The van der Waals surface area contributed by atoms with E-state index in [4.69, 9.17) is 33.7 Å². The van der Waals surface area contributed by atoms with Gasteiger partial charge in [-0.3, -0.25) is 0 Å². The molecule has 2 nitrogen and oxygen atoms in total. The van der Waals surface area contributed by atoms with Crippen LogP contribution in [0.1, 0.15) is 24.5 Å². The van der Waals surface area contributed by atoms with E-state index in [9.17, 15) is 0 Å². The molecule has 1 atom stereocenters. The van der Waals surface area contributed by atoms with E-state index in [1.54, 1.807) is 0 Å². The Morgan fingerprint density at radius 1 is 1.10 bits per heavy atom. The molecule has 1 unspecified atom stereocenters. The molecule has 2 aromatic carbocycles. The largest absolute Gasteiger partial charge is 0.456 e. The summed E-state index contributed by atoms with van der Waals surface area (Å²) in [5.41, 5.74) is 8.05. The van der Waals surface area contributed by atoms with Crippen molar-refractivity contribution in [3.63, 3.8) is 0 Å². The number of nitrogens with two attached hydrogens (primary N) is 1. The van der Waals surface area contributed by atoms with Crippen molar-refractivity contribution >= 4 is 23.2 Å².